The average Bonchev–Trinajstić information content (AvgIpc) is 3.02. The molecular formula is C14H16N3O7P. The van der Waals surface area contributed by atoms with Crippen molar-refractivity contribution in [2.75, 3.05) is 6.61 Å². The number of nitrogens with one attached hydrogen (secondary N) is 1. The fourth-order valence-electron chi connectivity index (χ4n) is 2.40. The number of phosphoric acid groups is 1. The summed E-state index contributed by atoms with van der Waals surface area (Å²) in [6, 6.07) is 4.08. The van der Waals surface area contributed by atoms with Gasteiger partial charge in [-0.3, -0.25) is 28.7 Å². The monoisotopic (exact) mass is 369 g/mol. The molecule has 1 fully saturated rings. The smallest absolute Gasteiger partial charge is 0.404 e. The SMILES string of the molecule is O=c1ccn([C@H]2CC[C@@H](COP(=O)(O)Oc3ccncc3)O2)c(=O)[nH]1. The van der Waals surface area contributed by atoms with E-state index in [1.807, 2.05) is 0 Å². The Labute approximate surface area is 141 Å². The van der Waals surface area contributed by atoms with Crippen molar-refractivity contribution in [1.29, 1.82) is 0 Å². The molecular weight excluding hydrogens is 353 g/mol. The Morgan fingerprint density at radius 2 is 2.08 bits per heavy atom. The number of phosphoric ester groups is 1. The van der Waals surface area contributed by atoms with Crippen molar-refractivity contribution in [2.24, 2.45) is 0 Å². The Kier molecular flexibility index (Phi) is 5.14. The van der Waals surface area contributed by atoms with Crippen molar-refractivity contribution < 1.29 is 23.2 Å². The maximum absolute atomic E-state index is 11.9. The zero-order valence-corrected chi connectivity index (χ0v) is 13.9. The first-order valence-corrected chi connectivity index (χ1v) is 8.96. The Balaban J connectivity index is 1.55. The van der Waals surface area contributed by atoms with Gasteiger partial charge in [0.1, 0.15) is 12.0 Å². The Hall–Kier alpha value is -2.26. The number of rotatable bonds is 6. The molecule has 2 aromatic heterocycles. The first-order chi connectivity index (χ1) is 11.9. The van der Waals surface area contributed by atoms with Gasteiger partial charge in [-0.05, 0) is 25.0 Å². The van der Waals surface area contributed by atoms with Gasteiger partial charge in [-0.15, -0.1) is 0 Å². The van der Waals surface area contributed by atoms with Gasteiger partial charge in [0.05, 0.1) is 12.7 Å². The van der Waals surface area contributed by atoms with Crippen LogP contribution in [-0.2, 0) is 13.8 Å². The number of ether oxygens (including phenoxy) is 1. The molecule has 0 radical (unpaired) electrons. The second-order valence-corrected chi connectivity index (χ2v) is 6.72. The molecule has 25 heavy (non-hydrogen) atoms. The van der Waals surface area contributed by atoms with Crippen LogP contribution in [0.4, 0.5) is 0 Å². The van der Waals surface area contributed by atoms with Crippen LogP contribution in [0.5, 0.6) is 5.75 Å². The number of hydrogen-bond acceptors (Lipinski definition) is 7. The van der Waals surface area contributed by atoms with Crippen LogP contribution >= 0.6 is 7.82 Å². The molecule has 10 nitrogen and oxygen atoms in total. The molecule has 0 saturated carbocycles. The van der Waals surface area contributed by atoms with Crippen LogP contribution in [0, 0.1) is 0 Å². The first kappa shape index (κ1) is 17.6. The minimum atomic E-state index is -4.30. The van der Waals surface area contributed by atoms with Crippen LogP contribution in [0.1, 0.15) is 19.1 Å². The number of H-pyrrole nitrogens is 1. The lowest BCUT2D eigenvalue weighted by molar-refractivity contribution is -0.0239. The van der Waals surface area contributed by atoms with Gasteiger partial charge in [0, 0.05) is 24.7 Å². The minimum absolute atomic E-state index is 0.158. The molecule has 3 heterocycles. The fourth-order valence-corrected chi connectivity index (χ4v) is 3.20. The van der Waals surface area contributed by atoms with Gasteiger partial charge < -0.3 is 9.26 Å². The van der Waals surface area contributed by atoms with Gasteiger partial charge in [0.15, 0.2) is 0 Å². The molecule has 1 aliphatic rings. The van der Waals surface area contributed by atoms with E-state index in [4.69, 9.17) is 13.8 Å². The molecule has 3 atom stereocenters. The number of hydrogen-bond donors (Lipinski definition) is 2. The molecule has 0 aliphatic carbocycles. The fraction of sp³-hybridized carbons (Fsp3) is 0.357. The van der Waals surface area contributed by atoms with Gasteiger partial charge in [0.25, 0.3) is 5.56 Å². The van der Waals surface area contributed by atoms with Gasteiger partial charge in [-0.25, -0.2) is 9.36 Å². The van der Waals surface area contributed by atoms with Gasteiger partial charge in [0.2, 0.25) is 0 Å². The van der Waals surface area contributed by atoms with Crippen LogP contribution in [0.3, 0.4) is 0 Å². The molecule has 1 aliphatic heterocycles. The van der Waals surface area contributed by atoms with Gasteiger partial charge >= 0.3 is 13.5 Å². The van der Waals surface area contributed by atoms with Crippen LogP contribution in [0.25, 0.3) is 0 Å². The second-order valence-electron chi connectivity index (χ2n) is 5.35. The summed E-state index contributed by atoms with van der Waals surface area (Å²) in [5.74, 6) is 0.158. The van der Waals surface area contributed by atoms with Gasteiger partial charge in [-0.2, -0.15) is 0 Å². The number of pyridine rings is 1. The average molecular weight is 369 g/mol. The van der Waals surface area contributed by atoms with Crippen molar-refractivity contribution >= 4 is 7.82 Å². The summed E-state index contributed by atoms with van der Waals surface area (Å²) in [7, 11) is -4.30. The minimum Gasteiger partial charge on any atom is -0.404 e. The van der Waals surface area contributed by atoms with Crippen LogP contribution in [0.15, 0.2) is 46.4 Å². The van der Waals surface area contributed by atoms with Gasteiger partial charge in [-0.1, -0.05) is 0 Å². The second kappa shape index (κ2) is 7.32. The van der Waals surface area contributed by atoms with E-state index in [-0.39, 0.29) is 12.4 Å². The van der Waals surface area contributed by atoms with Crippen LogP contribution in [-0.4, -0.2) is 32.1 Å². The zero-order valence-electron chi connectivity index (χ0n) is 13.0. The van der Waals surface area contributed by atoms with E-state index in [2.05, 4.69) is 9.97 Å². The number of nitrogens with zero attached hydrogens (tertiary/aromatic N) is 2. The third-order valence-electron chi connectivity index (χ3n) is 3.54. The van der Waals surface area contributed by atoms with Crippen molar-refractivity contribution in [3.05, 3.63) is 57.6 Å². The van der Waals surface area contributed by atoms with E-state index in [1.165, 1.54) is 41.4 Å². The Morgan fingerprint density at radius 1 is 1.32 bits per heavy atom. The normalized spacial score (nSPS) is 22.4. The highest BCUT2D eigenvalue weighted by atomic mass is 31.2. The molecule has 0 aromatic carbocycles. The van der Waals surface area contributed by atoms with E-state index in [9.17, 15) is 19.0 Å². The van der Waals surface area contributed by atoms with E-state index in [0.29, 0.717) is 12.8 Å². The predicted molar refractivity (Wildman–Crippen MR) is 85.1 cm³/mol. The van der Waals surface area contributed by atoms with Crippen molar-refractivity contribution in [2.45, 2.75) is 25.2 Å². The van der Waals surface area contributed by atoms with E-state index < -0.39 is 31.4 Å². The lowest BCUT2D eigenvalue weighted by Gasteiger charge is -2.17. The van der Waals surface area contributed by atoms with E-state index in [0.717, 1.165) is 0 Å². The first-order valence-electron chi connectivity index (χ1n) is 7.47. The molecule has 2 aromatic rings. The summed E-state index contributed by atoms with van der Waals surface area (Å²) in [4.78, 5) is 38.5. The molecule has 11 heteroatoms. The summed E-state index contributed by atoms with van der Waals surface area (Å²) < 4.78 is 28.7. The van der Waals surface area contributed by atoms with Crippen molar-refractivity contribution in [1.82, 2.24) is 14.5 Å². The third kappa shape index (κ3) is 4.64. The molecule has 2 N–H and O–H groups in total. The summed E-state index contributed by atoms with van der Waals surface area (Å²) in [6.45, 7) is -0.173. The molecule has 0 spiro atoms. The molecule has 3 rings (SSSR count). The molecule has 134 valence electrons. The molecule has 0 bridgehead atoms. The highest BCUT2D eigenvalue weighted by Crippen LogP contribution is 2.44. The highest BCUT2D eigenvalue weighted by Gasteiger charge is 2.31. The summed E-state index contributed by atoms with van der Waals surface area (Å²) in [5.41, 5.74) is -1.07. The lowest BCUT2D eigenvalue weighted by atomic mass is 10.2. The maximum atomic E-state index is 11.9. The van der Waals surface area contributed by atoms with E-state index in [1.54, 1.807) is 0 Å². The van der Waals surface area contributed by atoms with E-state index >= 15 is 0 Å². The standard InChI is InChI=1S/C14H16N3O7P/c18-12-5-8-17(14(19)16-12)13-2-1-11(23-13)9-22-25(20,21)24-10-3-6-15-7-4-10/h3-8,11,13H,1-2,9H2,(H,20,21)(H,16,18,19)/t11-,13+/m0/s1. The summed E-state index contributed by atoms with van der Waals surface area (Å²) in [5, 5.41) is 0. The van der Waals surface area contributed by atoms with Crippen molar-refractivity contribution in [3.8, 4) is 5.75 Å². The molecule has 1 saturated heterocycles. The van der Waals surface area contributed by atoms with Crippen LogP contribution < -0.4 is 15.8 Å². The number of aromatic amines is 1. The third-order valence-corrected chi connectivity index (χ3v) is 4.46. The molecule has 1 unspecified atom stereocenters. The van der Waals surface area contributed by atoms with Crippen molar-refractivity contribution in [3.63, 3.8) is 0 Å². The summed E-state index contributed by atoms with van der Waals surface area (Å²) >= 11 is 0. The lowest BCUT2D eigenvalue weighted by Crippen LogP contribution is -2.31. The quantitative estimate of drug-likeness (QED) is 0.715. The Morgan fingerprint density at radius 3 is 2.80 bits per heavy atom. The predicted octanol–water partition coefficient (Wildman–Crippen LogP) is 0.805. The number of aromatic nitrogens is 3. The summed E-state index contributed by atoms with van der Waals surface area (Å²) in [6.07, 6.45) is 4.15. The zero-order chi connectivity index (χ0) is 17.9. The highest BCUT2D eigenvalue weighted by molar-refractivity contribution is 7.47. The Bertz CT molecular complexity index is 882. The maximum Gasteiger partial charge on any atom is 0.527 e. The topological polar surface area (TPSA) is 133 Å². The molecule has 0 amide bonds. The largest absolute Gasteiger partial charge is 0.527 e. The van der Waals surface area contributed by atoms with Crippen LogP contribution in [0.2, 0.25) is 0 Å².